The van der Waals surface area contributed by atoms with E-state index in [1.54, 1.807) is 0 Å². The van der Waals surface area contributed by atoms with E-state index in [1.807, 2.05) is 23.9 Å². The van der Waals surface area contributed by atoms with E-state index in [0.29, 0.717) is 36.1 Å². The molecule has 6 atom stereocenters. The van der Waals surface area contributed by atoms with Crippen LogP contribution >= 0.6 is 0 Å². The minimum Gasteiger partial charge on any atom is -0.478 e. The molecule has 6 N–H and O–H groups in total. The molecule has 0 spiro atoms. The van der Waals surface area contributed by atoms with E-state index in [2.05, 4.69) is 9.80 Å². The number of aliphatic carboxylic acids is 2. The van der Waals surface area contributed by atoms with Crippen molar-refractivity contribution in [2.24, 2.45) is 23.3 Å². The van der Waals surface area contributed by atoms with Crippen LogP contribution < -0.4 is 11.5 Å². The summed E-state index contributed by atoms with van der Waals surface area (Å²) in [7, 11) is 4.08. The molecule has 0 bridgehead atoms. The van der Waals surface area contributed by atoms with E-state index in [1.165, 1.54) is 0 Å². The van der Waals surface area contributed by atoms with Crippen LogP contribution in [-0.4, -0.2) is 131 Å². The normalized spacial score (nSPS) is 22.9. The number of likely N-dealkylation sites (N-methyl/N-ethyl adjacent to an activating group) is 2. The summed E-state index contributed by atoms with van der Waals surface area (Å²) in [5.41, 5.74) is 11.9. The Hall–Kier alpha value is -4.52. The first-order chi connectivity index (χ1) is 26.3. The van der Waals surface area contributed by atoms with Gasteiger partial charge in [0.2, 0.25) is 11.8 Å². The lowest BCUT2D eigenvalue weighted by molar-refractivity contribution is -0.134. The minimum atomic E-state index is -1.26. The van der Waals surface area contributed by atoms with Gasteiger partial charge in [-0.25, -0.2) is 35.9 Å². The zero-order valence-electron chi connectivity index (χ0n) is 31.2. The molecule has 4 fully saturated rings. The summed E-state index contributed by atoms with van der Waals surface area (Å²) in [6.45, 7) is 5.19. The summed E-state index contributed by atoms with van der Waals surface area (Å²) in [4.78, 5) is 52.3. The van der Waals surface area contributed by atoms with E-state index in [-0.39, 0.29) is 60.7 Å². The summed E-state index contributed by atoms with van der Waals surface area (Å²) in [6, 6.07) is 1.85. The number of carbonyl (C=O) groups excluding carboxylic acids is 2. The van der Waals surface area contributed by atoms with Gasteiger partial charge in [-0.3, -0.25) is 9.59 Å². The fourth-order valence-corrected chi connectivity index (χ4v) is 7.94. The van der Waals surface area contributed by atoms with Crippen LogP contribution in [0.15, 0.2) is 36.4 Å². The molecule has 12 nitrogen and oxygen atoms in total. The highest BCUT2D eigenvalue weighted by molar-refractivity contribution is 5.89. The number of likely N-dealkylation sites (tertiary alicyclic amines) is 4. The lowest BCUT2D eigenvalue weighted by Gasteiger charge is -2.25. The topological polar surface area (TPSA) is 174 Å². The molecule has 4 heterocycles. The van der Waals surface area contributed by atoms with Gasteiger partial charge < -0.3 is 41.3 Å². The fourth-order valence-electron chi connectivity index (χ4n) is 7.94. The Morgan fingerprint density at radius 1 is 0.625 bits per heavy atom. The van der Waals surface area contributed by atoms with Crippen molar-refractivity contribution in [1.29, 1.82) is 0 Å². The van der Waals surface area contributed by atoms with Crippen LogP contribution in [0, 0.1) is 46.7 Å². The molecule has 18 heteroatoms. The molecule has 0 saturated carbocycles. The first-order valence-corrected chi connectivity index (χ1v) is 18.2. The third-order valence-corrected chi connectivity index (χ3v) is 10.5. The summed E-state index contributed by atoms with van der Waals surface area (Å²) in [5, 5.41) is 15.6. The van der Waals surface area contributed by atoms with Gasteiger partial charge >= 0.3 is 11.9 Å². The Morgan fingerprint density at radius 3 is 1.30 bits per heavy atom. The number of carbonyl (C=O) groups is 4. The lowest BCUT2D eigenvalue weighted by atomic mass is 10.0. The maximum Gasteiger partial charge on any atom is 0.328 e. The molecular formula is C38H48F6N6O6. The Morgan fingerprint density at radius 2 is 0.964 bits per heavy atom. The molecule has 4 aliphatic rings. The highest BCUT2D eigenvalue weighted by atomic mass is 19.2. The third kappa shape index (κ3) is 12.0. The van der Waals surface area contributed by atoms with Crippen LogP contribution in [0.1, 0.15) is 36.8 Å². The van der Waals surface area contributed by atoms with Crippen molar-refractivity contribution in [3.05, 3.63) is 82.4 Å². The maximum absolute atomic E-state index is 13.7. The molecule has 56 heavy (non-hydrogen) atoms. The quantitative estimate of drug-likeness (QED) is 0.159. The van der Waals surface area contributed by atoms with Crippen molar-refractivity contribution in [3.63, 3.8) is 0 Å². The molecule has 6 rings (SSSR count). The number of halogens is 6. The van der Waals surface area contributed by atoms with Crippen LogP contribution in [-0.2, 0) is 32.0 Å². The molecular weight excluding hydrogens is 750 g/mol. The first kappa shape index (κ1) is 44.2. The average molecular weight is 799 g/mol. The SMILES string of the molecule is CN1C[C@@H]2CCN(C(=O)C[C@H](N)Cc3cc(F)c(F)cc3F)[C@@H]2C1.CN1C[C@@H]2CCN(C(=O)C[C@H](N)Cc3cc(F)c(F)cc3F)[C@@H]2C1.O=C(O)/C=C/C(=O)O. The summed E-state index contributed by atoms with van der Waals surface area (Å²) in [6.07, 6.45) is 3.25. The van der Waals surface area contributed by atoms with Gasteiger partial charge in [0.25, 0.3) is 0 Å². The van der Waals surface area contributed by atoms with Gasteiger partial charge in [0, 0.05) is 101 Å². The van der Waals surface area contributed by atoms with E-state index in [4.69, 9.17) is 21.7 Å². The van der Waals surface area contributed by atoms with Crippen LogP contribution in [0.2, 0.25) is 0 Å². The number of carboxylic acid groups (broad SMARTS) is 2. The summed E-state index contributed by atoms with van der Waals surface area (Å²) in [5.74, 6) is -7.93. The van der Waals surface area contributed by atoms with Gasteiger partial charge in [-0.05, 0) is 74.9 Å². The monoisotopic (exact) mass is 798 g/mol. The zero-order chi connectivity index (χ0) is 41.4. The molecule has 4 aliphatic heterocycles. The Kier molecular flexibility index (Phi) is 15.4. The van der Waals surface area contributed by atoms with Crippen LogP contribution in [0.4, 0.5) is 26.3 Å². The smallest absolute Gasteiger partial charge is 0.328 e. The number of benzene rings is 2. The Bertz CT molecular complexity index is 1660. The van der Waals surface area contributed by atoms with Gasteiger partial charge in [-0.1, -0.05) is 0 Å². The van der Waals surface area contributed by atoms with Gasteiger partial charge in [0.15, 0.2) is 23.3 Å². The predicted octanol–water partition coefficient (Wildman–Crippen LogP) is 2.76. The molecule has 0 aromatic heterocycles. The van der Waals surface area contributed by atoms with Crippen LogP contribution in [0.3, 0.4) is 0 Å². The first-order valence-electron chi connectivity index (χ1n) is 18.2. The van der Waals surface area contributed by atoms with Crippen molar-refractivity contribution in [1.82, 2.24) is 19.6 Å². The van der Waals surface area contributed by atoms with Gasteiger partial charge in [-0.15, -0.1) is 0 Å². The molecule has 0 unspecified atom stereocenters. The minimum absolute atomic E-state index is 0.00336. The second kappa shape index (κ2) is 19.6. The molecule has 2 amide bonds. The van der Waals surface area contributed by atoms with Gasteiger partial charge in [0.05, 0.1) is 0 Å². The fraction of sp³-hybridized carbons (Fsp3) is 0.526. The molecule has 0 aliphatic carbocycles. The number of fused-ring (bicyclic) bond motifs is 2. The van der Waals surface area contributed by atoms with Crippen molar-refractivity contribution in [3.8, 4) is 0 Å². The molecule has 2 aromatic carbocycles. The van der Waals surface area contributed by atoms with Crippen molar-refractivity contribution >= 4 is 23.8 Å². The number of hydrogen-bond donors (Lipinski definition) is 4. The largest absolute Gasteiger partial charge is 0.478 e. The van der Waals surface area contributed by atoms with E-state index >= 15 is 0 Å². The van der Waals surface area contributed by atoms with Crippen LogP contribution in [0.25, 0.3) is 0 Å². The number of rotatable bonds is 10. The molecule has 4 saturated heterocycles. The van der Waals surface area contributed by atoms with Crippen LogP contribution in [0.5, 0.6) is 0 Å². The zero-order valence-corrected chi connectivity index (χ0v) is 31.2. The van der Waals surface area contributed by atoms with E-state index in [9.17, 15) is 45.5 Å². The maximum atomic E-state index is 13.7. The number of carboxylic acids is 2. The lowest BCUT2D eigenvalue weighted by Crippen LogP contribution is -2.42. The standard InChI is InChI=1S/2C17H22F3N3O.C4H4O4/c2*1-22-8-10-2-3-23(16(10)9-22)17(24)6-12(21)4-11-5-14(19)15(20)7-13(11)18;5-3(6)1-2-4(7)8/h2*5,7,10,12,16H,2-4,6,8-9,21H2,1H3;1-2H,(H,5,6)(H,7,8)/b;;2-1+/t2*10-,12+,16+;/m00./s1. The third-order valence-electron chi connectivity index (χ3n) is 10.5. The highest BCUT2D eigenvalue weighted by Crippen LogP contribution is 2.32. The average Bonchev–Trinajstić information content (AvgIpc) is 3.86. The Labute approximate surface area is 320 Å². The van der Waals surface area contributed by atoms with Gasteiger partial charge in [-0.2, -0.15) is 0 Å². The number of hydrogen-bond acceptors (Lipinski definition) is 8. The molecule has 0 radical (unpaired) electrons. The van der Waals surface area contributed by atoms with Crippen molar-refractivity contribution < 1.29 is 55.7 Å². The second-order valence-corrected chi connectivity index (χ2v) is 14.9. The van der Waals surface area contributed by atoms with Crippen molar-refractivity contribution in [2.75, 3.05) is 53.4 Å². The Balaban J connectivity index is 0.000000209. The van der Waals surface area contributed by atoms with E-state index < -0.39 is 58.9 Å². The molecule has 308 valence electrons. The highest BCUT2D eigenvalue weighted by Gasteiger charge is 2.43. The number of nitrogens with two attached hydrogens (primary N) is 2. The predicted molar refractivity (Wildman–Crippen MR) is 192 cm³/mol. The van der Waals surface area contributed by atoms with Gasteiger partial charge in [0.1, 0.15) is 11.6 Å². The number of nitrogens with zero attached hydrogens (tertiary/aromatic N) is 4. The summed E-state index contributed by atoms with van der Waals surface area (Å²) >= 11 is 0. The second-order valence-electron chi connectivity index (χ2n) is 14.9. The van der Waals surface area contributed by atoms with E-state index in [0.717, 1.165) is 64.2 Å². The van der Waals surface area contributed by atoms with Crippen molar-refractivity contribution in [2.45, 2.75) is 62.7 Å². The summed E-state index contributed by atoms with van der Waals surface area (Å²) < 4.78 is 79.8. The number of amides is 2. The molecule has 2 aromatic rings.